The number of hydrogen-bond donors (Lipinski definition) is 3. The highest BCUT2D eigenvalue weighted by Gasteiger charge is 2.30. The maximum atomic E-state index is 12.4. The highest BCUT2D eigenvalue weighted by molar-refractivity contribution is 7.89. The second-order valence-corrected chi connectivity index (χ2v) is 7.77. The predicted molar refractivity (Wildman–Crippen MR) is 84.0 cm³/mol. The Balaban J connectivity index is 2.12. The van der Waals surface area contributed by atoms with Crippen LogP contribution in [0.25, 0.3) is 0 Å². The molecule has 1 aromatic heterocycles. The summed E-state index contributed by atoms with van der Waals surface area (Å²) in [5.41, 5.74) is 6.08. The number of rotatable bonds is 5. The average Bonchev–Trinajstić information content (AvgIpc) is 2.88. The van der Waals surface area contributed by atoms with Crippen LogP contribution in [0, 0.1) is 0 Å². The average molecular weight is 328 g/mol. The molecular formula is C14H24N4O3S. The topological polar surface area (TPSA) is 106 Å². The van der Waals surface area contributed by atoms with E-state index in [1.54, 1.807) is 7.05 Å². The van der Waals surface area contributed by atoms with Gasteiger partial charge in [0.2, 0.25) is 10.0 Å². The minimum atomic E-state index is -3.67. The van der Waals surface area contributed by atoms with Crippen molar-refractivity contribution in [1.82, 2.24) is 14.6 Å². The first-order chi connectivity index (χ1) is 10.3. The first-order valence-corrected chi connectivity index (χ1v) is 8.93. The highest BCUT2D eigenvalue weighted by atomic mass is 32.2. The maximum Gasteiger partial charge on any atom is 0.267 e. The van der Waals surface area contributed by atoms with Gasteiger partial charge in [-0.1, -0.05) is 19.3 Å². The molecule has 0 spiro atoms. The molecule has 2 rings (SSSR count). The number of nitrogens with one attached hydrogen (secondary N) is 2. The quantitative estimate of drug-likeness (QED) is 0.724. The highest BCUT2D eigenvalue weighted by Crippen LogP contribution is 2.25. The summed E-state index contributed by atoms with van der Waals surface area (Å²) in [7, 11) is -0.535. The van der Waals surface area contributed by atoms with Crippen LogP contribution < -0.4 is 15.8 Å². The molecule has 0 saturated heterocycles. The van der Waals surface area contributed by atoms with Gasteiger partial charge in [0.05, 0.1) is 0 Å². The molecule has 1 aliphatic rings. The summed E-state index contributed by atoms with van der Waals surface area (Å²) in [6, 6.07) is 1.37. The molecule has 1 saturated carbocycles. The Morgan fingerprint density at radius 2 is 2.00 bits per heavy atom. The summed E-state index contributed by atoms with van der Waals surface area (Å²) in [4.78, 5) is 11.7. The second kappa shape index (κ2) is 6.39. The molecule has 124 valence electrons. The molecular weight excluding hydrogens is 304 g/mol. The van der Waals surface area contributed by atoms with E-state index in [4.69, 9.17) is 5.73 Å². The molecule has 0 atom stereocenters. The lowest BCUT2D eigenvalue weighted by Gasteiger charge is -2.33. The Hall–Kier alpha value is -1.38. The van der Waals surface area contributed by atoms with E-state index in [0.717, 1.165) is 32.1 Å². The van der Waals surface area contributed by atoms with Crippen molar-refractivity contribution in [1.29, 1.82) is 0 Å². The summed E-state index contributed by atoms with van der Waals surface area (Å²) < 4.78 is 28.8. The van der Waals surface area contributed by atoms with Crippen LogP contribution in [0.15, 0.2) is 17.2 Å². The van der Waals surface area contributed by atoms with Crippen molar-refractivity contribution in [2.75, 3.05) is 13.6 Å². The number of sulfonamides is 1. The molecule has 7 nitrogen and oxygen atoms in total. The Labute approximate surface area is 131 Å². The van der Waals surface area contributed by atoms with E-state index >= 15 is 0 Å². The van der Waals surface area contributed by atoms with Crippen molar-refractivity contribution in [3.8, 4) is 0 Å². The van der Waals surface area contributed by atoms with Crippen LogP contribution in [-0.2, 0) is 17.1 Å². The fourth-order valence-electron chi connectivity index (χ4n) is 2.79. The van der Waals surface area contributed by atoms with Crippen molar-refractivity contribution < 1.29 is 13.2 Å². The minimum Gasteiger partial charge on any atom is -0.354 e. The molecule has 0 aliphatic heterocycles. The fraction of sp³-hybridized carbons (Fsp3) is 0.643. The van der Waals surface area contributed by atoms with Crippen LogP contribution in [-0.4, -0.2) is 38.0 Å². The Morgan fingerprint density at radius 1 is 1.36 bits per heavy atom. The molecule has 8 heteroatoms. The van der Waals surface area contributed by atoms with E-state index in [1.165, 1.54) is 23.9 Å². The first-order valence-electron chi connectivity index (χ1n) is 7.44. The van der Waals surface area contributed by atoms with Crippen LogP contribution in [0.3, 0.4) is 0 Å². The number of aromatic nitrogens is 1. The number of nitrogens with two attached hydrogens (primary N) is 1. The van der Waals surface area contributed by atoms with Crippen LogP contribution in [0.4, 0.5) is 0 Å². The number of amides is 1. The van der Waals surface area contributed by atoms with Gasteiger partial charge >= 0.3 is 0 Å². The largest absolute Gasteiger partial charge is 0.354 e. The summed E-state index contributed by atoms with van der Waals surface area (Å²) in [6.45, 7) is 0.222. The van der Waals surface area contributed by atoms with Crippen LogP contribution in [0.2, 0.25) is 0 Å². The smallest absolute Gasteiger partial charge is 0.267 e. The van der Waals surface area contributed by atoms with E-state index < -0.39 is 15.6 Å². The number of carbonyl (C=O) groups is 1. The molecule has 4 N–H and O–H groups in total. The Morgan fingerprint density at radius 3 is 2.59 bits per heavy atom. The summed E-state index contributed by atoms with van der Waals surface area (Å²) >= 11 is 0. The van der Waals surface area contributed by atoms with Crippen LogP contribution in [0.1, 0.15) is 42.6 Å². The summed E-state index contributed by atoms with van der Waals surface area (Å²) in [5.74, 6) is -0.327. The van der Waals surface area contributed by atoms with E-state index in [2.05, 4.69) is 10.0 Å². The number of aryl methyl sites for hydroxylation is 1. The summed E-state index contributed by atoms with van der Waals surface area (Å²) in [5, 5.41) is 2.48. The van der Waals surface area contributed by atoms with Gasteiger partial charge in [-0.25, -0.2) is 13.1 Å². The van der Waals surface area contributed by atoms with Gasteiger partial charge in [0.15, 0.2) is 0 Å². The molecule has 0 radical (unpaired) electrons. The van der Waals surface area contributed by atoms with Crippen molar-refractivity contribution >= 4 is 15.9 Å². The molecule has 1 aromatic rings. The molecule has 1 amide bonds. The first kappa shape index (κ1) is 17.0. The predicted octanol–water partition coefficient (Wildman–Crippen LogP) is 0.325. The van der Waals surface area contributed by atoms with Gasteiger partial charge in [0, 0.05) is 32.4 Å². The lowest BCUT2D eigenvalue weighted by Crippen LogP contribution is -2.51. The van der Waals surface area contributed by atoms with Crippen LogP contribution >= 0.6 is 0 Å². The third-order valence-corrected chi connectivity index (χ3v) is 5.58. The minimum absolute atomic E-state index is 0.0769. The number of hydrogen-bond acceptors (Lipinski definition) is 4. The van der Waals surface area contributed by atoms with Crippen molar-refractivity contribution in [3.05, 3.63) is 18.0 Å². The lowest BCUT2D eigenvalue weighted by molar-refractivity contribution is 0.0955. The van der Waals surface area contributed by atoms with Gasteiger partial charge in [-0.3, -0.25) is 4.79 Å². The maximum absolute atomic E-state index is 12.4. The molecule has 0 bridgehead atoms. The molecule has 1 fully saturated rings. The zero-order valence-electron chi connectivity index (χ0n) is 13.1. The van der Waals surface area contributed by atoms with E-state index in [9.17, 15) is 13.2 Å². The molecule has 0 unspecified atom stereocenters. The van der Waals surface area contributed by atoms with Gasteiger partial charge in [0.25, 0.3) is 5.91 Å². The summed E-state index contributed by atoms with van der Waals surface area (Å²) in [6.07, 6.45) is 6.30. The van der Waals surface area contributed by atoms with Crippen molar-refractivity contribution in [2.24, 2.45) is 12.8 Å². The Kier molecular flexibility index (Phi) is 4.93. The zero-order valence-corrected chi connectivity index (χ0v) is 13.9. The van der Waals surface area contributed by atoms with Gasteiger partial charge < -0.3 is 15.6 Å². The van der Waals surface area contributed by atoms with Gasteiger partial charge in [-0.15, -0.1) is 0 Å². The molecule has 1 heterocycles. The molecule has 1 aliphatic carbocycles. The fourth-order valence-corrected chi connectivity index (χ4v) is 4.00. The normalized spacial score (nSPS) is 18.1. The van der Waals surface area contributed by atoms with Crippen LogP contribution in [0.5, 0.6) is 0 Å². The van der Waals surface area contributed by atoms with E-state index in [0.29, 0.717) is 5.69 Å². The second-order valence-electron chi connectivity index (χ2n) is 6.00. The van der Waals surface area contributed by atoms with E-state index in [1.807, 2.05) is 0 Å². The van der Waals surface area contributed by atoms with E-state index in [-0.39, 0.29) is 17.3 Å². The Bertz CT molecular complexity index is 645. The van der Waals surface area contributed by atoms with Crippen molar-refractivity contribution in [2.45, 2.75) is 42.5 Å². The monoisotopic (exact) mass is 328 g/mol. The number of carbonyl (C=O) groups excluding carboxylic acids is 1. The number of nitrogens with zero attached hydrogens (tertiary/aromatic N) is 1. The SMILES string of the molecule is CNC(=O)c1cc(S(=O)(=O)NCC2(N)CCCCC2)cn1C. The standard InChI is InChI=1S/C14H24N4O3S/c1-16-13(19)12-8-11(9-18(12)2)22(20,21)17-10-14(15)6-4-3-5-7-14/h8-9,17H,3-7,10,15H2,1-2H3,(H,16,19). The molecule has 0 aromatic carbocycles. The third-order valence-electron chi connectivity index (χ3n) is 4.21. The van der Waals surface area contributed by atoms with Gasteiger partial charge in [0.1, 0.15) is 10.6 Å². The van der Waals surface area contributed by atoms with Crippen molar-refractivity contribution in [3.63, 3.8) is 0 Å². The van der Waals surface area contributed by atoms with Gasteiger partial charge in [-0.2, -0.15) is 0 Å². The molecule has 22 heavy (non-hydrogen) atoms. The van der Waals surface area contributed by atoms with Gasteiger partial charge in [-0.05, 0) is 18.9 Å². The third kappa shape index (κ3) is 3.68. The zero-order chi connectivity index (χ0) is 16.4. The lowest BCUT2D eigenvalue weighted by atomic mass is 9.83.